The number of benzene rings is 2. The fourth-order valence-corrected chi connectivity index (χ4v) is 3.88. The summed E-state index contributed by atoms with van der Waals surface area (Å²) in [6.45, 7) is 0. The van der Waals surface area contributed by atoms with Crippen LogP contribution in [0, 0.1) is 0 Å². The van der Waals surface area contributed by atoms with Crippen LogP contribution < -0.4 is 8.70 Å². The average Bonchev–Trinajstić information content (AvgIpc) is 2.30. The summed E-state index contributed by atoms with van der Waals surface area (Å²) in [5.41, 5.74) is 0. The van der Waals surface area contributed by atoms with E-state index in [4.69, 9.17) is 0 Å². The summed E-state index contributed by atoms with van der Waals surface area (Å²) in [5, 5.41) is 0. The van der Waals surface area contributed by atoms with E-state index < -0.39 is 0 Å². The van der Waals surface area contributed by atoms with Gasteiger partial charge in [-0.3, -0.25) is 0 Å². The SMILES string of the molecule is [AsH2]c1ccc(SSc2ccc([AsH2])cc2)cc1. The molecule has 2 rings (SSSR count). The summed E-state index contributed by atoms with van der Waals surface area (Å²) < 4.78 is 2.75. The fourth-order valence-electron chi connectivity index (χ4n) is 1.14. The maximum atomic E-state index is 2.19. The summed E-state index contributed by atoms with van der Waals surface area (Å²) in [6.07, 6.45) is 0. The van der Waals surface area contributed by atoms with E-state index in [-0.39, 0.29) is 0 Å². The van der Waals surface area contributed by atoms with Crippen molar-refractivity contribution in [1.29, 1.82) is 0 Å². The van der Waals surface area contributed by atoms with Crippen LogP contribution in [0.3, 0.4) is 0 Å². The van der Waals surface area contributed by atoms with Crippen LogP contribution in [0.4, 0.5) is 0 Å². The Bertz CT molecular complexity index is 406. The van der Waals surface area contributed by atoms with Crippen LogP contribution in [-0.4, -0.2) is 33.7 Å². The van der Waals surface area contributed by atoms with Crippen LogP contribution >= 0.6 is 21.6 Å². The molecule has 0 radical (unpaired) electrons. The zero-order valence-corrected chi connectivity index (χ0v) is 15.1. The van der Waals surface area contributed by atoms with Gasteiger partial charge in [0, 0.05) is 0 Å². The van der Waals surface area contributed by atoms with Crippen molar-refractivity contribution in [2.45, 2.75) is 9.79 Å². The van der Waals surface area contributed by atoms with Crippen LogP contribution in [0.1, 0.15) is 0 Å². The molecule has 0 spiro atoms. The van der Waals surface area contributed by atoms with Crippen molar-refractivity contribution in [2.24, 2.45) is 0 Å². The molecule has 2 unspecified atom stereocenters. The topological polar surface area (TPSA) is 0 Å². The number of rotatable bonds is 3. The number of hydrogen-bond acceptors (Lipinski definition) is 2. The van der Waals surface area contributed by atoms with Gasteiger partial charge in [-0.2, -0.15) is 0 Å². The predicted molar refractivity (Wildman–Crippen MR) is 81.0 cm³/mol. The van der Waals surface area contributed by atoms with E-state index >= 15 is 0 Å². The van der Waals surface area contributed by atoms with Gasteiger partial charge in [-0.1, -0.05) is 0 Å². The van der Waals surface area contributed by atoms with E-state index in [1.54, 1.807) is 33.7 Å². The van der Waals surface area contributed by atoms with Gasteiger partial charge in [0.15, 0.2) is 0 Å². The Balaban J connectivity index is 1.97. The van der Waals surface area contributed by atoms with Crippen LogP contribution in [0.2, 0.25) is 0 Å². The molecule has 0 amide bonds. The molecule has 0 nitrogen and oxygen atoms in total. The Labute approximate surface area is 121 Å². The molecule has 0 fully saturated rings. The summed E-state index contributed by atoms with van der Waals surface area (Å²) >= 11 is 3.35. The van der Waals surface area contributed by atoms with Gasteiger partial charge in [-0.25, -0.2) is 0 Å². The van der Waals surface area contributed by atoms with Crippen molar-refractivity contribution < 1.29 is 0 Å². The Kier molecular flexibility index (Phi) is 4.97. The third kappa shape index (κ3) is 3.93. The molecule has 0 aliphatic heterocycles. The molecule has 0 heterocycles. The van der Waals surface area contributed by atoms with E-state index in [1.807, 2.05) is 21.6 Å². The molecule has 0 aromatic heterocycles. The van der Waals surface area contributed by atoms with Crippen molar-refractivity contribution in [3.05, 3.63) is 48.5 Å². The molecule has 0 N–H and O–H groups in total. The quantitative estimate of drug-likeness (QED) is 0.584. The minimum atomic E-state index is 1.32. The first-order valence-electron chi connectivity index (χ1n) is 4.79. The van der Waals surface area contributed by atoms with Gasteiger partial charge in [0.1, 0.15) is 0 Å². The fraction of sp³-hybridized carbons (Fsp3) is 0. The van der Waals surface area contributed by atoms with Gasteiger partial charge in [-0.15, -0.1) is 0 Å². The maximum absolute atomic E-state index is 2.19. The van der Waals surface area contributed by atoms with Crippen LogP contribution in [0.5, 0.6) is 0 Å². The summed E-state index contributed by atoms with van der Waals surface area (Å²) in [5.74, 6) is 0. The second kappa shape index (κ2) is 6.26. The minimum absolute atomic E-state index is 1.32. The van der Waals surface area contributed by atoms with Gasteiger partial charge in [0.25, 0.3) is 0 Å². The second-order valence-corrected chi connectivity index (χ2v) is 8.38. The molecule has 4 heteroatoms. The first kappa shape index (κ1) is 12.7. The van der Waals surface area contributed by atoms with Crippen molar-refractivity contribution in [3.63, 3.8) is 0 Å². The summed E-state index contributed by atoms with van der Waals surface area (Å²) in [7, 11) is 3.63. The first-order chi connectivity index (χ1) is 7.74. The van der Waals surface area contributed by atoms with Crippen LogP contribution in [0.25, 0.3) is 0 Å². The summed E-state index contributed by atoms with van der Waals surface area (Å²) in [6, 6.07) is 17.5. The Hall–Kier alpha value is 0.257. The number of hydrogen-bond donors (Lipinski definition) is 0. The van der Waals surface area contributed by atoms with E-state index in [1.165, 1.54) is 18.5 Å². The third-order valence-electron chi connectivity index (χ3n) is 1.99. The zero-order valence-electron chi connectivity index (χ0n) is 8.59. The predicted octanol–water partition coefficient (Wildman–Crippen LogP) is 1.00. The van der Waals surface area contributed by atoms with Gasteiger partial charge < -0.3 is 0 Å². The van der Waals surface area contributed by atoms with E-state index in [9.17, 15) is 0 Å². The van der Waals surface area contributed by atoms with Crippen molar-refractivity contribution in [2.75, 3.05) is 0 Å². The van der Waals surface area contributed by atoms with E-state index in [2.05, 4.69) is 48.5 Å². The normalized spacial score (nSPS) is 10.4. The molecule has 16 heavy (non-hydrogen) atoms. The Morgan fingerprint density at radius 3 is 1.19 bits per heavy atom. The second-order valence-electron chi connectivity index (χ2n) is 3.30. The molecular formula is C12H12As2S2. The molecule has 0 aliphatic rings. The van der Waals surface area contributed by atoms with Crippen molar-refractivity contribution in [1.82, 2.24) is 0 Å². The van der Waals surface area contributed by atoms with E-state index in [0.29, 0.717) is 0 Å². The van der Waals surface area contributed by atoms with Crippen LogP contribution in [-0.2, 0) is 0 Å². The molecule has 0 saturated heterocycles. The first-order valence-corrected chi connectivity index (χ1v) is 9.37. The molecule has 2 atom stereocenters. The van der Waals surface area contributed by atoms with Gasteiger partial charge in [0.05, 0.1) is 0 Å². The van der Waals surface area contributed by atoms with Crippen molar-refractivity contribution >= 4 is 64.0 Å². The molecule has 2 aromatic rings. The average molecular weight is 370 g/mol. The molecule has 82 valence electrons. The standard InChI is InChI=1S/C12H12As2S2/c13-9-1-5-11(6-2-9)15-16-12-7-3-10(14)4-8-12/h1-8H,13-14H2. The van der Waals surface area contributed by atoms with Crippen molar-refractivity contribution in [3.8, 4) is 0 Å². The monoisotopic (exact) mass is 370 g/mol. The molecule has 0 bridgehead atoms. The molecular weight excluding hydrogens is 358 g/mol. The molecule has 2 aromatic carbocycles. The molecule has 0 aliphatic carbocycles. The van der Waals surface area contributed by atoms with Gasteiger partial charge >= 0.3 is 122 Å². The third-order valence-corrected chi connectivity index (χ3v) is 6.03. The van der Waals surface area contributed by atoms with Crippen LogP contribution in [0.15, 0.2) is 58.3 Å². The van der Waals surface area contributed by atoms with Gasteiger partial charge in [0.2, 0.25) is 0 Å². The molecule has 0 saturated carbocycles. The Morgan fingerprint density at radius 2 is 0.875 bits per heavy atom. The zero-order chi connectivity index (χ0) is 11.4. The summed E-state index contributed by atoms with van der Waals surface area (Å²) in [4.78, 5) is 2.63. The Morgan fingerprint density at radius 1 is 0.562 bits per heavy atom. The van der Waals surface area contributed by atoms with E-state index in [0.717, 1.165) is 0 Å². The van der Waals surface area contributed by atoms with Gasteiger partial charge in [-0.05, 0) is 0 Å².